The molecule has 1 aromatic heterocycles. The highest BCUT2D eigenvalue weighted by Crippen LogP contribution is 2.30. The molecule has 0 fully saturated rings. The van der Waals surface area contributed by atoms with Gasteiger partial charge in [-0.2, -0.15) is 5.26 Å². The van der Waals surface area contributed by atoms with Gasteiger partial charge in [-0.1, -0.05) is 6.92 Å². The molecule has 1 heterocycles. The van der Waals surface area contributed by atoms with E-state index in [-0.39, 0.29) is 6.61 Å². The normalized spacial score (nSPS) is 11.9. The number of ether oxygens (including phenoxy) is 1. The number of nitrogens with zero attached hydrogens (tertiary/aromatic N) is 3. The van der Waals surface area contributed by atoms with Crippen molar-refractivity contribution in [1.82, 2.24) is 4.98 Å². The minimum atomic E-state index is -1.21. The first kappa shape index (κ1) is 14.4. The van der Waals surface area contributed by atoms with Crippen LogP contribution >= 0.6 is 11.3 Å². The van der Waals surface area contributed by atoms with E-state index < -0.39 is 12.3 Å². The molecule has 0 saturated carbocycles. The predicted molar refractivity (Wildman–Crippen MR) is 67.8 cm³/mol. The summed E-state index contributed by atoms with van der Waals surface area (Å²) in [4.78, 5) is 16.5. The maximum absolute atomic E-state index is 11.3. The Hall–Kier alpha value is -1.65. The van der Waals surface area contributed by atoms with Crippen LogP contribution in [0, 0.1) is 18.3 Å². The fourth-order valence-corrected chi connectivity index (χ4v) is 2.51. The Bertz CT molecular complexity index is 467. The highest BCUT2D eigenvalue weighted by Gasteiger charge is 2.29. The van der Waals surface area contributed by atoms with E-state index >= 15 is 0 Å². The Morgan fingerprint density at radius 3 is 2.78 bits per heavy atom. The third-order valence-electron chi connectivity index (χ3n) is 2.21. The van der Waals surface area contributed by atoms with Crippen molar-refractivity contribution in [2.75, 3.05) is 11.5 Å². The topological polar surface area (TPSA) is 86.5 Å². The largest absolute Gasteiger partial charge is 0.465 e. The van der Waals surface area contributed by atoms with Crippen molar-refractivity contribution in [3.8, 4) is 6.07 Å². The van der Waals surface area contributed by atoms with E-state index in [1.807, 2.05) is 13.0 Å². The minimum absolute atomic E-state index is 0.265. The molecule has 0 spiro atoms. The number of hydrogen-bond acceptors (Lipinski definition) is 5. The summed E-state index contributed by atoms with van der Waals surface area (Å²) in [6.45, 7) is 5.67. The monoisotopic (exact) mass is 269 g/mol. The number of carboxylic acid groups (broad SMARTS) is 1. The van der Waals surface area contributed by atoms with Crippen LogP contribution in [0.1, 0.15) is 24.5 Å². The number of hydrogen-bond donors (Lipinski definition) is 1. The lowest BCUT2D eigenvalue weighted by molar-refractivity contribution is 0.0951. The molecule has 7 heteroatoms. The van der Waals surface area contributed by atoms with Crippen molar-refractivity contribution in [3.63, 3.8) is 0 Å². The molecule has 0 bridgehead atoms. The molecule has 1 rings (SSSR count). The van der Waals surface area contributed by atoms with Gasteiger partial charge in [0.1, 0.15) is 11.1 Å². The van der Waals surface area contributed by atoms with E-state index in [2.05, 4.69) is 4.98 Å². The fraction of sp³-hybridized carbons (Fsp3) is 0.545. The highest BCUT2D eigenvalue weighted by atomic mass is 32.1. The number of rotatable bonds is 5. The van der Waals surface area contributed by atoms with E-state index in [1.165, 1.54) is 11.3 Å². The van der Waals surface area contributed by atoms with Gasteiger partial charge in [0, 0.05) is 6.61 Å². The summed E-state index contributed by atoms with van der Waals surface area (Å²) in [7, 11) is 0. The Morgan fingerprint density at radius 2 is 2.33 bits per heavy atom. The third-order valence-corrected chi connectivity index (χ3v) is 3.23. The Labute approximate surface area is 109 Å². The van der Waals surface area contributed by atoms with Crippen molar-refractivity contribution in [1.29, 1.82) is 5.26 Å². The predicted octanol–water partition coefficient (Wildman–Crippen LogP) is 2.38. The molecule has 18 heavy (non-hydrogen) atoms. The summed E-state index contributed by atoms with van der Waals surface area (Å²) >= 11 is 1.25. The van der Waals surface area contributed by atoms with Crippen LogP contribution in [0.2, 0.25) is 0 Å². The Balaban J connectivity index is 3.19. The molecular weight excluding hydrogens is 254 g/mol. The van der Waals surface area contributed by atoms with Gasteiger partial charge in [-0.25, -0.2) is 14.7 Å². The smallest absolute Gasteiger partial charge is 0.415 e. The van der Waals surface area contributed by atoms with Crippen LogP contribution in [0.15, 0.2) is 0 Å². The maximum atomic E-state index is 11.3. The molecule has 1 amide bonds. The average molecular weight is 269 g/mol. The molecule has 0 radical (unpaired) electrons. The number of carbonyl (C=O) groups is 1. The first-order valence-electron chi connectivity index (χ1n) is 5.54. The molecule has 1 unspecified atom stereocenters. The summed E-state index contributed by atoms with van der Waals surface area (Å²) in [6.07, 6.45) is -1.75. The first-order chi connectivity index (χ1) is 8.54. The number of aromatic nitrogens is 1. The van der Waals surface area contributed by atoms with Crippen molar-refractivity contribution >= 4 is 22.4 Å². The lowest BCUT2D eigenvalue weighted by atomic mass is 10.3. The van der Waals surface area contributed by atoms with Gasteiger partial charge >= 0.3 is 6.09 Å². The van der Waals surface area contributed by atoms with E-state index in [9.17, 15) is 9.90 Å². The number of amides is 1. The van der Waals surface area contributed by atoms with Crippen molar-refractivity contribution < 1.29 is 14.6 Å². The molecular formula is C11H15N3O3S. The van der Waals surface area contributed by atoms with Gasteiger partial charge < -0.3 is 9.84 Å². The zero-order chi connectivity index (χ0) is 13.7. The molecule has 0 aromatic carbocycles. The van der Waals surface area contributed by atoms with Crippen molar-refractivity contribution in [2.24, 2.45) is 0 Å². The molecule has 0 aliphatic rings. The molecule has 0 aliphatic carbocycles. The highest BCUT2D eigenvalue weighted by molar-refractivity contribution is 7.16. The Kier molecular flexibility index (Phi) is 5.07. The summed E-state index contributed by atoms with van der Waals surface area (Å²) in [5, 5.41) is 19.5. The van der Waals surface area contributed by atoms with Gasteiger partial charge in [0.25, 0.3) is 0 Å². The van der Waals surface area contributed by atoms with Crippen LogP contribution in [0.3, 0.4) is 0 Å². The fourth-order valence-electron chi connectivity index (χ4n) is 1.50. The maximum Gasteiger partial charge on any atom is 0.415 e. The standard InChI is InChI=1S/C11H15N3O3S/c1-4-8-10(18-7(3)13-8)14(11(15)16)9(6-12)17-5-2/h9H,4-5H2,1-3H3,(H,15,16). The van der Waals surface area contributed by atoms with Gasteiger partial charge in [-0.15, -0.1) is 11.3 Å². The van der Waals surface area contributed by atoms with Gasteiger partial charge in [0.2, 0.25) is 6.23 Å². The van der Waals surface area contributed by atoms with E-state index in [4.69, 9.17) is 10.00 Å². The van der Waals surface area contributed by atoms with Crippen LogP contribution in [0.4, 0.5) is 9.80 Å². The van der Waals surface area contributed by atoms with Crippen molar-refractivity contribution in [3.05, 3.63) is 10.7 Å². The van der Waals surface area contributed by atoms with Crippen LogP contribution in [0.5, 0.6) is 0 Å². The van der Waals surface area contributed by atoms with Crippen LogP contribution < -0.4 is 4.90 Å². The Morgan fingerprint density at radius 1 is 1.67 bits per heavy atom. The number of aryl methyl sites for hydroxylation is 2. The summed E-state index contributed by atoms with van der Waals surface area (Å²) in [5.41, 5.74) is 0.667. The quantitative estimate of drug-likeness (QED) is 0.829. The van der Waals surface area contributed by atoms with Gasteiger partial charge in [-0.05, 0) is 20.3 Å². The zero-order valence-corrected chi connectivity index (χ0v) is 11.3. The average Bonchev–Trinajstić information content (AvgIpc) is 2.69. The van der Waals surface area contributed by atoms with Crippen molar-refractivity contribution in [2.45, 2.75) is 33.4 Å². The second-order valence-electron chi connectivity index (χ2n) is 3.43. The van der Waals surface area contributed by atoms with Gasteiger partial charge in [0.05, 0.1) is 10.7 Å². The molecule has 0 saturated heterocycles. The van der Waals surface area contributed by atoms with Gasteiger partial charge in [-0.3, -0.25) is 0 Å². The van der Waals surface area contributed by atoms with Crippen LogP contribution in [0.25, 0.3) is 0 Å². The SMILES string of the molecule is CCOC(C#N)N(C(=O)O)c1sc(C)nc1CC. The lowest BCUT2D eigenvalue weighted by Crippen LogP contribution is -2.40. The summed E-state index contributed by atoms with van der Waals surface area (Å²) < 4.78 is 5.14. The zero-order valence-electron chi connectivity index (χ0n) is 10.5. The second kappa shape index (κ2) is 6.33. The van der Waals surface area contributed by atoms with Crippen LogP contribution in [-0.2, 0) is 11.2 Å². The lowest BCUT2D eigenvalue weighted by Gasteiger charge is -2.22. The van der Waals surface area contributed by atoms with Crippen LogP contribution in [-0.4, -0.2) is 29.0 Å². The minimum Gasteiger partial charge on any atom is -0.465 e. The van der Waals surface area contributed by atoms with E-state index in [0.29, 0.717) is 17.1 Å². The molecule has 98 valence electrons. The summed E-state index contributed by atoms with van der Waals surface area (Å²) in [6, 6.07) is 1.85. The third kappa shape index (κ3) is 2.97. The second-order valence-corrected chi connectivity index (χ2v) is 4.61. The summed E-state index contributed by atoms with van der Waals surface area (Å²) in [5.74, 6) is 0. The number of thiazole rings is 1. The molecule has 1 aromatic rings. The number of anilines is 1. The molecule has 0 aliphatic heterocycles. The van der Waals surface area contributed by atoms with E-state index in [1.54, 1.807) is 13.8 Å². The molecule has 1 atom stereocenters. The number of nitriles is 1. The first-order valence-corrected chi connectivity index (χ1v) is 6.36. The molecule has 6 nitrogen and oxygen atoms in total. The van der Waals surface area contributed by atoms with Gasteiger partial charge in [0.15, 0.2) is 0 Å². The molecule has 1 N–H and O–H groups in total. The van der Waals surface area contributed by atoms with E-state index in [0.717, 1.165) is 9.91 Å².